The van der Waals surface area contributed by atoms with Crippen molar-refractivity contribution in [3.63, 3.8) is 0 Å². The van der Waals surface area contributed by atoms with Crippen molar-refractivity contribution in [3.05, 3.63) is 39.9 Å². The van der Waals surface area contributed by atoms with Gasteiger partial charge in [0.25, 0.3) is 5.69 Å². The molecule has 0 amide bonds. The van der Waals surface area contributed by atoms with E-state index in [2.05, 4.69) is 0 Å². The van der Waals surface area contributed by atoms with Gasteiger partial charge in [0, 0.05) is 18.6 Å². The van der Waals surface area contributed by atoms with Crippen molar-refractivity contribution in [1.82, 2.24) is 0 Å². The van der Waals surface area contributed by atoms with Gasteiger partial charge in [-0.25, -0.2) is 4.79 Å². The fourth-order valence-electron chi connectivity index (χ4n) is 2.18. The van der Waals surface area contributed by atoms with Crippen LogP contribution in [-0.4, -0.2) is 30.1 Å². The number of hydrogen-bond donors (Lipinski definition) is 0. The smallest absolute Gasteiger partial charge is 0.331 e. The lowest BCUT2D eigenvalue weighted by molar-refractivity contribution is -0.384. The van der Waals surface area contributed by atoms with Crippen LogP contribution in [0.25, 0.3) is 0 Å². The number of carbonyl (C=O) groups is 2. The first-order chi connectivity index (χ1) is 11.4. The predicted octanol–water partition coefficient (Wildman–Crippen LogP) is 2.26. The second kappa shape index (κ2) is 8.62. The molecule has 0 saturated carbocycles. The van der Waals surface area contributed by atoms with Crippen molar-refractivity contribution >= 4 is 17.6 Å². The second-order valence-corrected chi connectivity index (χ2v) is 4.85. The molecule has 128 valence electrons. The molecule has 0 bridgehead atoms. The standard InChI is InChI=1S/C16H18N2O6/c1-3-23-14(19)9-10-16(11-17,15(20)24-4-2)12-5-7-13(8-6-12)18(21)22/h5-8H,3-4,9-10H2,1-2H3. The summed E-state index contributed by atoms with van der Waals surface area (Å²) in [6, 6.07) is 6.95. The molecule has 8 heteroatoms. The van der Waals surface area contributed by atoms with Gasteiger partial charge < -0.3 is 9.47 Å². The van der Waals surface area contributed by atoms with Crippen LogP contribution in [0.4, 0.5) is 5.69 Å². The maximum Gasteiger partial charge on any atom is 0.331 e. The topological polar surface area (TPSA) is 120 Å². The number of nitro groups is 1. The summed E-state index contributed by atoms with van der Waals surface area (Å²) in [5.74, 6) is -1.34. The molecule has 0 aliphatic carbocycles. The number of benzene rings is 1. The van der Waals surface area contributed by atoms with Crippen LogP contribution in [-0.2, 0) is 24.5 Å². The van der Waals surface area contributed by atoms with E-state index in [1.165, 1.54) is 24.3 Å². The maximum absolute atomic E-state index is 12.4. The molecule has 0 radical (unpaired) electrons. The molecule has 0 aliphatic rings. The molecule has 0 fully saturated rings. The molecule has 0 aliphatic heterocycles. The quantitative estimate of drug-likeness (QED) is 0.406. The molecule has 0 saturated heterocycles. The van der Waals surface area contributed by atoms with Gasteiger partial charge in [0.2, 0.25) is 0 Å². The van der Waals surface area contributed by atoms with Crippen LogP contribution < -0.4 is 0 Å². The number of rotatable bonds is 8. The fourth-order valence-corrected chi connectivity index (χ4v) is 2.18. The van der Waals surface area contributed by atoms with Crippen molar-refractivity contribution < 1.29 is 24.0 Å². The lowest BCUT2D eigenvalue weighted by Gasteiger charge is -2.24. The molecule has 0 aromatic heterocycles. The highest BCUT2D eigenvalue weighted by Crippen LogP contribution is 2.32. The minimum Gasteiger partial charge on any atom is -0.466 e. The highest BCUT2D eigenvalue weighted by Gasteiger charge is 2.43. The zero-order chi connectivity index (χ0) is 18.2. The number of non-ortho nitro benzene ring substituents is 1. The van der Waals surface area contributed by atoms with Crippen LogP contribution in [0.15, 0.2) is 24.3 Å². The van der Waals surface area contributed by atoms with E-state index in [1.807, 2.05) is 6.07 Å². The Balaban J connectivity index is 3.20. The van der Waals surface area contributed by atoms with Crippen molar-refractivity contribution in [2.45, 2.75) is 32.1 Å². The molecule has 8 nitrogen and oxygen atoms in total. The number of nitrogens with zero attached hydrogens (tertiary/aromatic N) is 2. The van der Waals surface area contributed by atoms with Crippen LogP contribution in [0.1, 0.15) is 32.3 Å². The zero-order valence-corrected chi connectivity index (χ0v) is 13.5. The van der Waals surface area contributed by atoms with E-state index in [0.717, 1.165) is 0 Å². The highest BCUT2D eigenvalue weighted by atomic mass is 16.6. The Morgan fingerprint density at radius 2 is 1.79 bits per heavy atom. The Bertz CT molecular complexity index is 650. The van der Waals surface area contributed by atoms with Crippen LogP contribution >= 0.6 is 0 Å². The van der Waals surface area contributed by atoms with E-state index in [0.29, 0.717) is 0 Å². The largest absolute Gasteiger partial charge is 0.466 e. The Morgan fingerprint density at radius 3 is 2.25 bits per heavy atom. The van der Waals surface area contributed by atoms with E-state index in [9.17, 15) is 25.0 Å². The van der Waals surface area contributed by atoms with E-state index in [-0.39, 0.29) is 37.3 Å². The summed E-state index contributed by atoms with van der Waals surface area (Å²) >= 11 is 0. The van der Waals surface area contributed by atoms with Gasteiger partial charge in [0.15, 0.2) is 5.41 Å². The van der Waals surface area contributed by atoms with Gasteiger partial charge in [-0.1, -0.05) is 12.1 Å². The number of ether oxygens (including phenoxy) is 2. The maximum atomic E-state index is 12.4. The van der Waals surface area contributed by atoms with E-state index >= 15 is 0 Å². The lowest BCUT2D eigenvalue weighted by Crippen LogP contribution is -2.37. The van der Waals surface area contributed by atoms with Gasteiger partial charge in [-0.2, -0.15) is 5.26 Å². The van der Waals surface area contributed by atoms with Gasteiger partial charge >= 0.3 is 11.9 Å². The average Bonchev–Trinajstić information content (AvgIpc) is 2.57. The Kier molecular flexibility index (Phi) is 6.86. The van der Waals surface area contributed by atoms with Crippen LogP contribution in [0.5, 0.6) is 0 Å². The molecule has 1 aromatic rings. The number of nitriles is 1. The molecule has 1 atom stereocenters. The molecule has 1 unspecified atom stereocenters. The van der Waals surface area contributed by atoms with E-state index in [1.54, 1.807) is 13.8 Å². The molecule has 24 heavy (non-hydrogen) atoms. The number of nitro benzene ring substituents is 1. The third kappa shape index (κ3) is 4.29. The zero-order valence-electron chi connectivity index (χ0n) is 13.5. The minimum atomic E-state index is -1.72. The summed E-state index contributed by atoms with van der Waals surface area (Å²) in [7, 11) is 0. The van der Waals surface area contributed by atoms with Crippen molar-refractivity contribution in [2.24, 2.45) is 0 Å². The monoisotopic (exact) mass is 334 g/mol. The first kappa shape index (κ1) is 19.1. The molecule has 0 N–H and O–H groups in total. The number of carbonyl (C=O) groups excluding carboxylic acids is 2. The first-order valence-corrected chi connectivity index (χ1v) is 7.40. The summed E-state index contributed by atoms with van der Waals surface area (Å²) in [4.78, 5) is 34.1. The fraction of sp³-hybridized carbons (Fsp3) is 0.438. The van der Waals surface area contributed by atoms with Crippen molar-refractivity contribution in [2.75, 3.05) is 13.2 Å². The van der Waals surface area contributed by atoms with Gasteiger partial charge in [-0.15, -0.1) is 0 Å². The molecule has 1 aromatic carbocycles. The van der Waals surface area contributed by atoms with Gasteiger partial charge in [0.1, 0.15) is 0 Å². The van der Waals surface area contributed by atoms with Gasteiger partial charge in [-0.05, 0) is 25.8 Å². The van der Waals surface area contributed by atoms with Crippen LogP contribution in [0.3, 0.4) is 0 Å². The lowest BCUT2D eigenvalue weighted by atomic mass is 9.78. The second-order valence-electron chi connectivity index (χ2n) is 4.85. The summed E-state index contributed by atoms with van der Waals surface area (Å²) in [5.41, 5.74) is -1.66. The molecule has 1 rings (SSSR count). The Labute approximate surface area is 139 Å². The summed E-state index contributed by atoms with van der Waals surface area (Å²) in [6.07, 6.45) is -0.295. The van der Waals surface area contributed by atoms with E-state index in [4.69, 9.17) is 9.47 Å². The first-order valence-electron chi connectivity index (χ1n) is 7.40. The van der Waals surface area contributed by atoms with E-state index < -0.39 is 22.3 Å². The summed E-state index contributed by atoms with van der Waals surface area (Å²) < 4.78 is 9.79. The van der Waals surface area contributed by atoms with Crippen molar-refractivity contribution in [3.8, 4) is 6.07 Å². The van der Waals surface area contributed by atoms with Crippen molar-refractivity contribution in [1.29, 1.82) is 5.26 Å². The molecular formula is C16H18N2O6. The average molecular weight is 334 g/mol. The summed E-state index contributed by atoms with van der Waals surface area (Å²) in [5, 5.41) is 20.4. The molecular weight excluding hydrogens is 316 g/mol. The molecule has 0 heterocycles. The Morgan fingerprint density at radius 1 is 1.21 bits per heavy atom. The van der Waals surface area contributed by atoms with Crippen LogP contribution in [0, 0.1) is 21.4 Å². The SMILES string of the molecule is CCOC(=O)CCC(C#N)(C(=O)OCC)c1ccc([N+](=O)[O-])cc1. The number of hydrogen-bond acceptors (Lipinski definition) is 7. The predicted molar refractivity (Wildman–Crippen MR) is 82.9 cm³/mol. The van der Waals surface area contributed by atoms with Crippen LogP contribution in [0.2, 0.25) is 0 Å². The Hall–Kier alpha value is -2.95. The normalized spacial score (nSPS) is 12.5. The third-order valence-electron chi connectivity index (χ3n) is 3.40. The minimum absolute atomic E-state index is 0.0641. The van der Waals surface area contributed by atoms with Gasteiger partial charge in [-0.3, -0.25) is 14.9 Å². The summed E-state index contributed by atoms with van der Waals surface area (Å²) in [6.45, 7) is 3.50. The highest BCUT2D eigenvalue weighted by molar-refractivity contribution is 5.87. The number of esters is 2. The third-order valence-corrected chi connectivity index (χ3v) is 3.40. The molecule has 0 spiro atoms. The van der Waals surface area contributed by atoms with Gasteiger partial charge in [0.05, 0.1) is 24.2 Å².